The van der Waals surface area contributed by atoms with E-state index in [0.29, 0.717) is 11.4 Å². The van der Waals surface area contributed by atoms with Crippen molar-refractivity contribution in [3.05, 3.63) is 71.4 Å². The molecule has 0 aliphatic carbocycles. The lowest BCUT2D eigenvalue weighted by Crippen LogP contribution is -2.23. The molecule has 0 radical (unpaired) electrons. The number of aliphatic imine (C=N–C) groups is 1. The summed E-state index contributed by atoms with van der Waals surface area (Å²) in [7, 11) is 0. The van der Waals surface area contributed by atoms with Gasteiger partial charge in [-0.3, -0.25) is 9.79 Å². The van der Waals surface area contributed by atoms with Gasteiger partial charge in [-0.05, 0) is 43.8 Å². The molecule has 4 nitrogen and oxygen atoms in total. The number of fused-ring (bicyclic) bond motifs is 1. The highest BCUT2D eigenvalue weighted by Crippen LogP contribution is 2.27. The third kappa shape index (κ3) is 10.5. The molecule has 0 spiro atoms. The molecule has 0 aromatic heterocycles. The fourth-order valence-electron chi connectivity index (χ4n) is 2.69. The highest BCUT2D eigenvalue weighted by molar-refractivity contribution is 7.80. The Morgan fingerprint density at radius 3 is 2.42 bits per heavy atom. The number of nitrogens with zero attached hydrogens (tertiary/aromatic N) is 2. The van der Waals surface area contributed by atoms with Gasteiger partial charge in [-0.1, -0.05) is 36.4 Å². The lowest BCUT2D eigenvalue weighted by molar-refractivity contribution is -0.136. The molecule has 8 heteroatoms. The summed E-state index contributed by atoms with van der Waals surface area (Å²) in [4.78, 5) is 16.9. The summed E-state index contributed by atoms with van der Waals surface area (Å²) in [6.45, 7) is 6.79. The predicted octanol–water partition coefficient (Wildman–Crippen LogP) is 5.96. The molecule has 1 aliphatic rings. The Hall–Kier alpha value is -2.32. The highest BCUT2D eigenvalue weighted by atomic mass is 32.1. The zero-order valence-electron chi connectivity index (χ0n) is 17.4. The standard InChI is InChI=1S/C11H13NO2.C7H6F2S.C5H9NS/c13-11(14)6-8-12-7-5-9-3-1-2-4-10(9)12;8-7(9)5-1-3-6(10)4-2-5;1-5(6-2)3-4-7/h1-4H,5-8H2,(H,13,14);1-4,7,10H;3,7H,2,4H2,1H3/b;;5-3+. The molecule has 0 fully saturated rings. The molecule has 1 heterocycles. The number of aliphatic carboxylic acids is 1. The van der Waals surface area contributed by atoms with Crippen LogP contribution in [-0.4, -0.2) is 36.6 Å². The number of carbonyl (C=O) groups is 1. The first-order chi connectivity index (χ1) is 14.8. The molecular formula is C23H28F2N2O2S2. The normalized spacial score (nSPS) is 12.3. The molecule has 0 atom stereocenters. The van der Waals surface area contributed by atoms with Gasteiger partial charge in [-0.25, -0.2) is 8.78 Å². The van der Waals surface area contributed by atoms with E-state index in [4.69, 9.17) is 5.11 Å². The number of hydrogen-bond acceptors (Lipinski definition) is 5. The first-order valence-electron chi connectivity index (χ1n) is 9.64. The van der Waals surface area contributed by atoms with Crippen LogP contribution in [0.1, 0.15) is 30.9 Å². The van der Waals surface area contributed by atoms with Crippen molar-refractivity contribution in [3.63, 3.8) is 0 Å². The van der Waals surface area contributed by atoms with Gasteiger partial charge < -0.3 is 10.0 Å². The van der Waals surface area contributed by atoms with Crippen molar-refractivity contribution in [1.82, 2.24) is 0 Å². The predicted molar refractivity (Wildman–Crippen MR) is 130 cm³/mol. The van der Waals surface area contributed by atoms with Crippen LogP contribution in [0.5, 0.6) is 0 Å². The Morgan fingerprint density at radius 2 is 1.90 bits per heavy atom. The summed E-state index contributed by atoms with van der Waals surface area (Å²) < 4.78 is 23.7. The highest BCUT2D eigenvalue weighted by Gasteiger charge is 2.18. The smallest absolute Gasteiger partial charge is 0.305 e. The van der Waals surface area contributed by atoms with Gasteiger partial charge in [-0.15, -0.1) is 12.6 Å². The Balaban J connectivity index is 0.000000249. The zero-order chi connectivity index (χ0) is 23.2. The maximum absolute atomic E-state index is 11.9. The van der Waals surface area contributed by atoms with Crippen molar-refractivity contribution < 1.29 is 18.7 Å². The second kappa shape index (κ2) is 14.6. The molecule has 0 bridgehead atoms. The number of anilines is 1. The number of carboxylic acid groups (broad SMARTS) is 1. The third-order valence-corrected chi connectivity index (χ3v) is 4.84. The molecule has 2 aromatic rings. The second-order valence-electron chi connectivity index (χ2n) is 6.59. The van der Waals surface area contributed by atoms with Gasteiger partial charge in [0.1, 0.15) is 0 Å². The van der Waals surface area contributed by atoms with E-state index in [9.17, 15) is 13.6 Å². The van der Waals surface area contributed by atoms with Gasteiger partial charge >= 0.3 is 5.97 Å². The fourth-order valence-corrected chi connectivity index (χ4v) is 3.10. The SMILES string of the molecule is C=N/C(C)=C/CS.FC(F)c1ccc(S)cc1.O=C(O)CCN1CCc2ccccc21. The van der Waals surface area contributed by atoms with E-state index in [0.717, 1.165) is 24.4 Å². The number of hydrogen-bond donors (Lipinski definition) is 3. The Labute approximate surface area is 193 Å². The monoisotopic (exact) mass is 466 g/mol. The van der Waals surface area contributed by atoms with E-state index in [1.165, 1.54) is 23.4 Å². The summed E-state index contributed by atoms with van der Waals surface area (Å²) in [5.41, 5.74) is 3.51. The van der Waals surface area contributed by atoms with Crippen molar-refractivity contribution >= 4 is 43.6 Å². The van der Waals surface area contributed by atoms with Gasteiger partial charge in [0.05, 0.1) is 6.42 Å². The molecule has 1 N–H and O–H groups in total. The van der Waals surface area contributed by atoms with Crippen LogP contribution >= 0.6 is 25.3 Å². The molecular weight excluding hydrogens is 438 g/mol. The fraction of sp³-hybridized carbons (Fsp3) is 0.304. The van der Waals surface area contributed by atoms with Crippen LogP contribution in [0, 0.1) is 0 Å². The van der Waals surface area contributed by atoms with Gasteiger partial charge in [0.2, 0.25) is 0 Å². The van der Waals surface area contributed by atoms with Crippen LogP contribution in [-0.2, 0) is 11.2 Å². The molecule has 0 amide bonds. The van der Waals surface area contributed by atoms with E-state index in [1.54, 1.807) is 12.1 Å². The quantitative estimate of drug-likeness (QED) is 0.364. The topological polar surface area (TPSA) is 52.9 Å². The lowest BCUT2D eigenvalue weighted by atomic mass is 10.2. The number of benzene rings is 2. The van der Waals surface area contributed by atoms with Crippen molar-refractivity contribution in [2.75, 3.05) is 23.7 Å². The summed E-state index contributed by atoms with van der Waals surface area (Å²) in [5, 5.41) is 8.60. The van der Waals surface area contributed by atoms with E-state index >= 15 is 0 Å². The number of para-hydroxylation sites is 1. The summed E-state index contributed by atoms with van der Waals surface area (Å²) in [6.07, 6.45) is 0.772. The van der Waals surface area contributed by atoms with Crippen LogP contribution < -0.4 is 4.90 Å². The number of carboxylic acids is 1. The third-order valence-electron chi connectivity index (χ3n) is 4.36. The second-order valence-corrected chi connectivity index (χ2v) is 7.47. The van der Waals surface area contributed by atoms with Crippen molar-refractivity contribution in [2.24, 2.45) is 4.99 Å². The van der Waals surface area contributed by atoms with Gasteiger partial charge in [0.25, 0.3) is 6.43 Å². The first kappa shape index (κ1) is 26.7. The number of allylic oxidation sites excluding steroid dienone is 1. The van der Waals surface area contributed by atoms with Gasteiger partial charge in [0, 0.05) is 40.7 Å². The molecule has 0 unspecified atom stereocenters. The summed E-state index contributed by atoms with van der Waals surface area (Å²) in [6, 6.07) is 14.0. The van der Waals surface area contributed by atoms with Crippen molar-refractivity contribution in [3.8, 4) is 0 Å². The molecule has 0 saturated heterocycles. The zero-order valence-corrected chi connectivity index (χ0v) is 19.2. The average molecular weight is 467 g/mol. The summed E-state index contributed by atoms with van der Waals surface area (Å²) >= 11 is 7.90. The van der Waals surface area contributed by atoms with Crippen LogP contribution in [0.3, 0.4) is 0 Å². The molecule has 0 saturated carbocycles. The van der Waals surface area contributed by atoms with Gasteiger partial charge in [0.15, 0.2) is 0 Å². The molecule has 1 aliphatic heterocycles. The average Bonchev–Trinajstić information content (AvgIpc) is 3.17. The first-order valence-corrected chi connectivity index (χ1v) is 10.7. The molecule has 2 aromatic carbocycles. The minimum absolute atomic E-state index is 0.0396. The Morgan fingerprint density at radius 1 is 1.26 bits per heavy atom. The van der Waals surface area contributed by atoms with E-state index in [-0.39, 0.29) is 12.0 Å². The summed E-state index contributed by atoms with van der Waals surface area (Å²) in [5.74, 6) is 0.0135. The maximum Gasteiger partial charge on any atom is 0.305 e. The van der Waals surface area contributed by atoms with Crippen LogP contribution in [0.2, 0.25) is 0 Å². The van der Waals surface area contributed by atoms with Crippen molar-refractivity contribution in [1.29, 1.82) is 0 Å². The van der Waals surface area contributed by atoms with Crippen LogP contribution in [0.4, 0.5) is 14.5 Å². The molecule has 31 heavy (non-hydrogen) atoms. The van der Waals surface area contributed by atoms with E-state index in [1.807, 2.05) is 25.1 Å². The van der Waals surface area contributed by atoms with Crippen molar-refractivity contribution in [2.45, 2.75) is 31.1 Å². The Bertz CT molecular complexity index is 859. The number of rotatable bonds is 6. The number of alkyl halides is 2. The van der Waals surface area contributed by atoms with E-state index < -0.39 is 12.4 Å². The lowest BCUT2D eigenvalue weighted by Gasteiger charge is -2.17. The molecule has 3 rings (SSSR count). The molecule has 168 valence electrons. The largest absolute Gasteiger partial charge is 0.481 e. The van der Waals surface area contributed by atoms with Gasteiger partial charge in [-0.2, -0.15) is 12.6 Å². The maximum atomic E-state index is 11.9. The minimum atomic E-state index is -2.38. The van der Waals surface area contributed by atoms with Crippen LogP contribution in [0.25, 0.3) is 0 Å². The van der Waals surface area contributed by atoms with E-state index in [2.05, 4.69) is 54.0 Å². The van der Waals surface area contributed by atoms with Crippen LogP contribution in [0.15, 0.2) is 70.2 Å². The minimum Gasteiger partial charge on any atom is -0.481 e. The number of halogens is 2. The number of thiol groups is 2. The Kier molecular flexibility index (Phi) is 12.6.